The molecule has 2 bridgehead atoms. The molecule has 2 aromatic carbocycles. The molecule has 4 aromatic rings. The van der Waals surface area contributed by atoms with Crippen molar-refractivity contribution in [3.8, 4) is 23.2 Å². The van der Waals surface area contributed by atoms with Crippen LogP contribution in [0.4, 0.5) is 10.2 Å². The maximum absolute atomic E-state index is 16.7. The lowest BCUT2D eigenvalue weighted by Crippen LogP contribution is -2.51. The third-order valence-corrected chi connectivity index (χ3v) is 9.42. The van der Waals surface area contributed by atoms with Crippen LogP contribution in [0.5, 0.6) is 6.01 Å². The maximum atomic E-state index is 16.7. The first-order chi connectivity index (χ1) is 21.1. The van der Waals surface area contributed by atoms with Crippen LogP contribution in [0, 0.1) is 17.1 Å². The van der Waals surface area contributed by atoms with Gasteiger partial charge in [-0.3, -0.25) is 4.90 Å². The minimum Gasteiger partial charge on any atom is -0.462 e. The van der Waals surface area contributed by atoms with E-state index in [0.29, 0.717) is 49.0 Å². The number of fused-ring (bicyclic) bond motifs is 4. The van der Waals surface area contributed by atoms with Crippen LogP contribution in [0.1, 0.15) is 44.1 Å². The van der Waals surface area contributed by atoms with E-state index in [1.54, 1.807) is 0 Å². The predicted molar refractivity (Wildman–Crippen MR) is 167 cm³/mol. The zero-order chi connectivity index (χ0) is 29.3. The molecule has 10 heteroatoms. The number of anilines is 1. The van der Waals surface area contributed by atoms with E-state index < -0.39 is 0 Å². The number of aromatic amines is 1. The van der Waals surface area contributed by atoms with E-state index in [9.17, 15) is 5.26 Å². The van der Waals surface area contributed by atoms with E-state index in [1.165, 1.54) is 0 Å². The predicted octanol–water partition coefficient (Wildman–Crippen LogP) is 4.51. The molecule has 5 heterocycles. The molecule has 4 N–H and O–H groups in total. The summed E-state index contributed by atoms with van der Waals surface area (Å²) in [6, 6.07) is 13.3. The molecule has 3 aliphatic rings. The second-order valence-electron chi connectivity index (χ2n) is 12.2. The van der Waals surface area contributed by atoms with Gasteiger partial charge in [-0.05, 0) is 75.9 Å². The summed E-state index contributed by atoms with van der Waals surface area (Å²) < 4.78 is 23.0. The number of nitrogens with two attached hydrogens (primary N) is 1. The molecule has 7 rings (SSSR count). The fraction of sp³-hybridized carbons (Fsp3) is 0.485. The number of likely N-dealkylation sites (tertiary alicyclic amines) is 1. The first-order valence-electron chi connectivity index (χ1n) is 15.7. The van der Waals surface area contributed by atoms with E-state index in [-0.39, 0.29) is 23.4 Å². The molecule has 3 fully saturated rings. The van der Waals surface area contributed by atoms with Crippen LogP contribution in [0.3, 0.4) is 0 Å². The number of rotatable bonds is 10. The second kappa shape index (κ2) is 12.1. The van der Waals surface area contributed by atoms with Gasteiger partial charge in [0.25, 0.3) is 0 Å². The highest BCUT2D eigenvalue weighted by molar-refractivity contribution is 6.01. The summed E-state index contributed by atoms with van der Waals surface area (Å²) >= 11 is 0. The van der Waals surface area contributed by atoms with Crippen molar-refractivity contribution >= 4 is 27.6 Å². The fourth-order valence-corrected chi connectivity index (χ4v) is 7.32. The highest BCUT2D eigenvalue weighted by atomic mass is 19.1. The van der Waals surface area contributed by atoms with Gasteiger partial charge < -0.3 is 25.7 Å². The molecular formula is C33H39FN8O. The van der Waals surface area contributed by atoms with Crippen molar-refractivity contribution in [3.05, 3.63) is 47.9 Å². The van der Waals surface area contributed by atoms with Crippen molar-refractivity contribution in [3.63, 3.8) is 0 Å². The van der Waals surface area contributed by atoms with Crippen LogP contribution in [-0.4, -0.2) is 77.3 Å². The summed E-state index contributed by atoms with van der Waals surface area (Å²) in [5, 5.41) is 14.5. The average Bonchev–Trinajstić information content (AvgIpc) is 3.76. The number of piperazine rings is 1. The third kappa shape index (κ3) is 5.42. The highest BCUT2D eigenvalue weighted by Gasteiger charge is 2.34. The number of aryl methyl sites for hydroxylation is 1. The van der Waals surface area contributed by atoms with E-state index >= 15 is 4.39 Å². The summed E-state index contributed by atoms with van der Waals surface area (Å²) in [5.74, 6) is 0.356. The number of H-pyrrole nitrogens is 1. The number of benzene rings is 2. The number of nitrogens with one attached hydrogen (secondary N) is 2. The molecule has 0 radical (unpaired) electrons. The molecule has 0 aliphatic carbocycles. The van der Waals surface area contributed by atoms with Gasteiger partial charge in [0.15, 0.2) is 5.82 Å². The molecule has 3 aliphatic heterocycles. The number of aromatic nitrogens is 3. The Bertz CT molecular complexity index is 1650. The van der Waals surface area contributed by atoms with Crippen molar-refractivity contribution in [1.82, 2.24) is 25.2 Å². The molecule has 0 amide bonds. The van der Waals surface area contributed by atoms with Gasteiger partial charge in [-0.15, -0.1) is 0 Å². The zero-order valence-electron chi connectivity index (χ0n) is 24.5. The van der Waals surface area contributed by atoms with Crippen LogP contribution in [0.2, 0.25) is 0 Å². The summed E-state index contributed by atoms with van der Waals surface area (Å²) in [4.78, 5) is 17.7. The average molecular weight is 583 g/mol. The molecule has 0 spiro atoms. The molecule has 2 unspecified atom stereocenters. The Morgan fingerprint density at radius 3 is 2.77 bits per heavy atom. The highest BCUT2D eigenvalue weighted by Crippen LogP contribution is 2.38. The fourth-order valence-electron chi connectivity index (χ4n) is 7.32. The van der Waals surface area contributed by atoms with Crippen molar-refractivity contribution in [2.45, 2.75) is 63.1 Å². The van der Waals surface area contributed by atoms with Crippen LogP contribution in [-0.2, 0) is 6.42 Å². The van der Waals surface area contributed by atoms with Crippen molar-refractivity contribution in [2.24, 2.45) is 5.73 Å². The first-order valence-corrected chi connectivity index (χ1v) is 15.7. The number of nitrogens with zero attached hydrogens (tertiary/aromatic N) is 5. The van der Waals surface area contributed by atoms with E-state index in [4.69, 9.17) is 20.4 Å². The molecule has 224 valence electrons. The van der Waals surface area contributed by atoms with Gasteiger partial charge in [0.2, 0.25) is 0 Å². The number of hydrogen-bond acceptors (Lipinski definition) is 8. The monoisotopic (exact) mass is 582 g/mol. The Labute approximate surface area is 251 Å². The molecule has 2 aromatic heterocycles. The van der Waals surface area contributed by atoms with Gasteiger partial charge in [0, 0.05) is 71.2 Å². The molecule has 43 heavy (non-hydrogen) atoms. The zero-order valence-corrected chi connectivity index (χ0v) is 24.5. The lowest BCUT2D eigenvalue weighted by Gasteiger charge is -2.34. The van der Waals surface area contributed by atoms with E-state index in [1.807, 2.05) is 36.5 Å². The number of hydrogen-bond donors (Lipinski definition) is 3. The summed E-state index contributed by atoms with van der Waals surface area (Å²) in [6.45, 7) is 4.79. The van der Waals surface area contributed by atoms with E-state index in [2.05, 4.69) is 26.2 Å². The smallest absolute Gasteiger partial charge is 0.319 e. The first kappa shape index (κ1) is 28.0. The van der Waals surface area contributed by atoms with E-state index in [0.717, 1.165) is 86.1 Å². The maximum Gasteiger partial charge on any atom is 0.319 e. The normalized spacial score (nSPS) is 22.1. The van der Waals surface area contributed by atoms with Gasteiger partial charge in [-0.2, -0.15) is 15.2 Å². The van der Waals surface area contributed by atoms with Crippen LogP contribution in [0.15, 0.2) is 36.5 Å². The van der Waals surface area contributed by atoms with Gasteiger partial charge in [0.1, 0.15) is 17.9 Å². The van der Waals surface area contributed by atoms with Crippen molar-refractivity contribution in [1.29, 1.82) is 5.26 Å². The Balaban J connectivity index is 1.29. The largest absolute Gasteiger partial charge is 0.462 e. The molecule has 9 nitrogen and oxygen atoms in total. The quantitative estimate of drug-likeness (QED) is 0.250. The minimum absolute atomic E-state index is 0.226. The molecule has 3 atom stereocenters. The number of halogens is 1. The van der Waals surface area contributed by atoms with Crippen molar-refractivity contribution in [2.75, 3.05) is 44.2 Å². The summed E-state index contributed by atoms with van der Waals surface area (Å²) in [6.07, 6.45) is 8.28. The SMILES string of the molecule is N#CCCc1cccc2[nH]cc(-c3ccc4c(N5CC6CCC(C5)N6)nc(OC[C@@H]5CCCN5CCCN)nc4c3F)c12. The van der Waals surface area contributed by atoms with Crippen molar-refractivity contribution < 1.29 is 9.13 Å². The number of ether oxygens (including phenoxy) is 1. The van der Waals surface area contributed by atoms with Gasteiger partial charge in [-0.1, -0.05) is 18.2 Å². The minimum atomic E-state index is -0.384. The summed E-state index contributed by atoms with van der Waals surface area (Å²) in [5.41, 5.74) is 9.23. The molecule has 0 saturated carbocycles. The second-order valence-corrected chi connectivity index (χ2v) is 12.2. The Morgan fingerprint density at radius 1 is 1.09 bits per heavy atom. The third-order valence-electron chi connectivity index (χ3n) is 9.42. The van der Waals surface area contributed by atoms with Crippen LogP contribution in [0.25, 0.3) is 32.9 Å². The van der Waals surface area contributed by atoms with Crippen LogP contribution >= 0.6 is 0 Å². The lowest BCUT2D eigenvalue weighted by molar-refractivity contribution is 0.164. The Kier molecular flexibility index (Phi) is 7.87. The Hall–Kier alpha value is -3.78. The Morgan fingerprint density at radius 2 is 1.95 bits per heavy atom. The van der Waals surface area contributed by atoms with Gasteiger partial charge in [-0.25, -0.2) is 4.39 Å². The number of nitriles is 1. The van der Waals surface area contributed by atoms with Gasteiger partial charge in [0.05, 0.1) is 6.07 Å². The molecular weight excluding hydrogens is 543 g/mol. The van der Waals surface area contributed by atoms with Crippen LogP contribution < -0.4 is 20.7 Å². The lowest BCUT2D eigenvalue weighted by atomic mass is 9.97. The summed E-state index contributed by atoms with van der Waals surface area (Å²) in [7, 11) is 0. The standard InChI is InChI=1S/C33H39FN8O/c34-30-25(27-17-37-28-8-1-5-21(29(27)28)6-2-13-35)11-12-26-31(30)39-33(43-20-24-7-3-15-41(24)16-4-14-36)40-32(26)42-18-22-9-10-23(19-42)38-22/h1,5,8,11-12,17,22-24,37-38H,2-4,6-7,9-10,14-16,18-20,36H2/t22?,23?,24-/m0/s1. The van der Waals surface area contributed by atoms with Gasteiger partial charge >= 0.3 is 6.01 Å². The molecule has 3 saturated heterocycles. The topological polar surface area (TPSA) is 119 Å².